The standard InChI is InChI=1S/C38H55BN12O14/c40-29(53)20-47-6-10-49(22-35(59)60)12-8-48(9-13-50(11-7-47)23-36(61)62)21-33(57)44-16-31(55)42-15-30(54)43-17-32(56)46-27-3-1-2-25-26(4-5-41-37(25)27)38(63)45-18-34(58)51-19-24(52)14-28(51)39(64)65/h1-5,24,28,52,64-65H,6-23H2,(H2,40,53)(H,42,55)(H,43,54)(H,44,57)(H,45,63)(H,46,56)(H,59,60)(H,61,62)/t24-,28-/m0/s1. The number of aliphatic hydroxyl groups is 1. The van der Waals surface area contributed by atoms with Crippen molar-refractivity contribution in [2.75, 3.05) is 117 Å². The van der Waals surface area contributed by atoms with Crippen molar-refractivity contribution in [3.63, 3.8) is 0 Å². The van der Waals surface area contributed by atoms with Gasteiger partial charge in [-0.1, -0.05) is 12.1 Å². The monoisotopic (exact) mass is 914 g/mol. The fourth-order valence-corrected chi connectivity index (χ4v) is 7.17. The van der Waals surface area contributed by atoms with Gasteiger partial charge in [0.15, 0.2) is 0 Å². The molecule has 354 valence electrons. The third-order valence-corrected chi connectivity index (χ3v) is 10.4. The molecule has 27 heteroatoms. The second kappa shape index (κ2) is 25.2. The van der Waals surface area contributed by atoms with Crippen LogP contribution in [0, 0.1) is 0 Å². The highest BCUT2D eigenvalue weighted by Crippen LogP contribution is 2.24. The van der Waals surface area contributed by atoms with E-state index in [-0.39, 0.29) is 108 Å². The Morgan fingerprint density at radius 1 is 0.662 bits per heavy atom. The molecule has 0 spiro atoms. The van der Waals surface area contributed by atoms with Crippen LogP contribution in [0.15, 0.2) is 30.5 Å². The van der Waals surface area contributed by atoms with Crippen molar-refractivity contribution in [2.45, 2.75) is 18.5 Å². The molecular formula is C38H55BN12O14. The Labute approximate surface area is 372 Å². The summed E-state index contributed by atoms with van der Waals surface area (Å²) in [5.74, 6) is -7.76. The van der Waals surface area contributed by atoms with E-state index in [1.807, 2.05) is 0 Å². The Morgan fingerprint density at radius 2 is 1.17 bits per heavy atom. The number of carboxylic acids is 2. The average Bonchev–Trinajstić information content (AvgIpc) is 3.65. The first-order valence-corrected chi connectivity index (χ1v) is 20.6. The summed E-state index contributed by atoms with van der Waals surface area (Å²) >= 11 is 0. The number of aliphatic hydroxyl groups excluding tert-OH is 1. The molecule has 2 fully saturated rings. The first-order chi connectivity index (χ1) is 30.9. The minimum atomic E-state index is -1.87. The van der Waals surface area contributed by atoms with Crippen molar-refractivity contribution in [1.82, 2.24) is 50.8 Å². The summed E-state index contributed by atoms with van der Waals surface area (Å²) in [6.07, 6.45) is 0.339. The van der Waals surface area contributed by atoms with E-state index in [4.69, 9.17) is 5.73 Å². The lowest BCUT2D eigenvalue weighted by Gasteiger charge is -2.33. The molecule has 0 radical (unpaired) electrons. The predicted octanol–water partition coefficient (Wildman–Crippen LogP) is -6.90. The highest BCUT2D eigenvalue weighted by Gasteiger charge is 2.41. The quantitative estimate of drug-likeness (QED) is 0.0583. The van der Waals surface area contributed by atoms with Gasteiger partial charge in [0.2, 0.25) is 35.4 Å². The molecule has 7 amide bonds. The van der Waals surface area contributed by atoms with E-state index < -0.39 is 98.6 Å². The number of carbonyl (C=O) groups is 9. The number of hydrogen-bond acceptors (Lipinski definition) is 17. The number of nitrogens with zero attached hydrogens (tertiary/aromatic N) is 6. The number of carboxylic acid groups (broad SMARTS) is 2. The summed E-state index contributed by atoms with van der Waals surface area (Å²) < 4.78 is 0. The van der Waals surface area contributed by atoms with Crippen LogP contribution in [0.3, 0.4) is 0 Å². The van der Waals surface area contributed by atoms with Gasteiger partial charge in [-0.25, -0.2) is 0 Å². The van der Waals surface area contributed by atoms with Crippen LogP contribution >= 0.6 is 0 Å². The van der Waals surface area contributed by atoms with Crippen molar-refractivity contribution in [1.29, 1.82) is 0 Å². The number of amides is 7. The topological polar surface area (TPSA) is 370 Å². The largest absolute Gasteiger partial charge is 0.480 e. The number of benzene rings is 1. The smallest absolute Gasteiger partial charge is 0.475 e. The van der Waals surface area contributed by atoms with E-state index in [1.54, 1.807) is 31.7 Å². The molecule has 2 aliphatic heterocycles. The highest BCUT2D eigenvalue weighted by atomic mass is 16.4. The lowest BCUT2D eigenvalue weighted by atomic mass is 9.77. The van der Waals surface area contributed by atoms with Crippen LogP contribution in [0.5, 0.6) is 0 Å². The number of nitrogens with two attached hydrogens (primary N) is 1. The molecule has 2 atom stereocenters. The number of fused-ring (bicyclic) bond motifs is 1. The number of pyridine rings is 1. The number of para-hydroxylation sites is 1. The van der Waals surface area contributed by atoms with Crippen LogP contribution < -0.4 is 32.3 Å². The number of primary amides is 1. The summed E-state index contributed by atoms with van der Waals surface area (Å²) in [5.41, 5.74) is 5.90. The van der Waals surface area contributed by atoms with Gasteiger partial charge in [-0.2, -0.15) is 0 Å². The molecule has 2 aliphatic rings. The zero-order chi connectivity index (χ0) is 47.6. The number of hydrogen-bond donors (Lipinski definition) is 11. The molecule has 0 saturated carbocycles. The van der Waals surface area contributed by atoms with Gasteiger partial charge in [0.25, 0.3) is 5.91 Å². The summed E-state index contributed by atoms with van der Waals surface area (Å²) in [6, 6.07) is 6.02. The Morgan fingerprint density at radius 3 is 1.69 bits per heavy atom. The fraction of sp³-hybridized carbons (Fsp3) is 0.526. The van der Waals surface area contributed by atoms with Gasteiger partial charge >= 0.3 is 19.1 Å². The first kappa shape index (κ1) is 51.3. The van der Waals surface area contributed by atoms with Crippen molar-refractivity contribution in [2.24, 2.45) is 5.73 Å². The molecule has 2 saturated heterocycles. The predicted molar refractivity (Wildman–Crippen MR) is 228 cm³/mol. The van der Waals surface area contributed by atoms with Crippen LogP contribution in [0.2, 0.25) is 0 Å². The number of carbonyl (C=O) groups excluding carboxylic acids is 7. The van der Waals surface area contributed by atoms with Gasteiger partial charge in [-0.15, -0.1) is 0 Å². The first-order valence-electron chi connectivity index (χ1n) is 20.6. The molecule has 2 aromatic rings. The van der Waals surface area contributed by atoms with Gasteiger partial charge < -0.3 is 62.6 Å². The summed E-state index contributed by atoms with van der Waals surface area (Å²) in [5, 5.41) is 60.4. The van der Waals surface area contributed by atoms with Crippen LogP contribution in [-0.2, 0) is 38.4 Å². The van der Waals surface area contributed by atoms with Gasteiger partial charge in [-0.05, 0) is 18.6 Å². The molecule has 4 rings (SSSR count). The maximum Gasteiger partial charge on any atom is 0.475 e. The lowest BCUT2D eigenvalue weighted by molar-refractivity contribution is -0.139. The second-order valence-electron chi connectivity index (χ2n) is 15.4. The molecule has 1 aromatic carbocycles. The fourth-order valence-electron chi connectivity index (χ4n) is 7.17. The van der Waals surface area contributed by atoms with Crippen molar-refractivity contribution in [3.05, 3.63) is 36.0 Å². The van der Waals surface area contributed by atoms with Crippen molar-refractivity contribution in [3.8, 4) is 0 Å². The number of aliphatic carboxylic acids is 2. The second-order valence-corrected chi connectivity index (χ2v) is 15.4. The van der Waals surface area contributed by atoms with Crippen LogP contribution in [0.4, 0.5) is 5.69 Å². The molecule has 12 N–H and O–H groups in total. The summed E-state index contributed by atoms with van der Waals surface area (Å²) in [4.78, 5) is 123. The molecule has 0 unspecified atom stereocenters. The Bertz CT molecular complexity index is 2030. The number of β-amino-alcohol motifs (C(OH)–C–C–N with tert-alkyl or cyclic N) is 1. The number of nitrogens with one attached hydrogen (secondary N) is 5. The van der Waals surface area contributed by atoms with Gasteiger partial charge in [0, 0.05) is 70.5 Å². The Balaban J connectivity index is 1.22. The van der Waals surface area contributed by atoms with Crippen LogP contribution in [0.25, 0.3) is 10.9 Å². The minimum Gasteiger partial charge on any atom is -0.480 e. The SMILES string of the molecule is NC(=O)CN1CCN(CC(=O)O)CCN(CC(=O)NCC(=O)NCC(=O)NCC(=O)Nc2cccc3c(C(=O)NCC(=O)N4C[C@@H](O)C[C@H]4B(O)O)ccnc23)CCN(CC(=O)O)CC1. The maximum absolute atomic E-state index is 13.1. The Kier molecular flexibility index (Phi) is 19.9. The van der Waals surface area contributed by atoms with Crippen LogP contribution in [-0.4, -0.2) is 239 Å². The summed E-state index contributed by atoms with van der Waals surface area (Å²) in [6.45, 7) is -1.17. The maximum atomic E-state index is 13.1. The molecule has 26 nitrogen and oxygen atoms in total. The minimum absolute atomic E-state index is 0.0310. The van der Waals surface area contributed by atoms with E-state index in [0.29, 0.717) is 5.39 Å². The molecule has 3 heterocycles. The number of rotatable bonds is 19. The third kappa shape index (κ3) is 17.3. The van der Waals surface area contributed by atoms with Gasteiger partial charge in [0.1, 0.15) is 0 Å². The molecule has 0 aliphatic carbocycles. The van der Waals surface area contributed by atoms with Gasteiger partial charge in [0.05, 0.1) is 81.2 Å². The van der Waals surface area contributed by atoms with E-state index in [9.17, 15) is 68.5 Å². The zero-order valence-corrected chi connectivity index (χ0v) is 35.5. The lowest BCUT2D eigenvalue weighted by Crippen LogP contribution is -2.50. The molecule has 1 aromatic heterocycles. The van der Waals surface area contributed by atoms with Crippen LogP contribution in [0.1, 0.15) is 16.8 Å². The van der Waals surface area contributed by atoms with E-state index in [2.05, 4.69) is 31.6 Å². The molecular weight excluding hydrogens is 859 g/mol. The molecule has 0 bridgehead atoms. The average molecular weight is 915 g/mol. The highest BCUT2D eigenvalue weighted by molar-refractivity contribution is 6.43. The summed E-state index contributed by atoms with van der Waals surface area (Å²) in [7, 11) is -1.87. The van der Waals surface area contributed by atoms with E-state index in [1.165, 1.54) is 18.3 Å². The number of aromatic nitrogens is 1. The van der Waals surface area contributed by atoms with Crippen molar-refractivity contribution >= 4 is 77.0 Å². The number of likely N-dealkylation sites (tertiary alicyclic amines) is 1. The Hall–Kier alpha value is -6.36. The van der Waals surface area contributed by atoms with E-state index >= 15 is 0 Å². The number of anilines is 1. The zero-order valence-electron chi connectivity index (χ0n) is 35.5. The van der Waals surface area contributed by atoms with Crippen molar-refractivity contribution < 1.29 is 68.5 Å². The van der Waals surface area contributed by atoms with Gasteiger partial charge in [-0.3, -0.25) is 67.7 Å². The van der Waals surface area contributed by atoms with E-state index in [0.717, 1.165) is 4.90 Å². The molecule has 65 heavy (non-hydrogen) atoms. The third-order valence-electron chi connectivity index (χ3n) is 10.4. The normalized spacial score (nSPS) is 18.1.